The molecule has 1 atom stereocenters. The first-order valence-corrected chi connectivity index (χ1v) is 14.2. The highest BCUT2D eigenvalue weighted by Gasteiger charge is 2.38. The molecule has 0 aliphatic carbocycles. The lowest BCUT2D eigenvalue weighted by Gasteiger charge is -2.25. The highest BCUT2D eigenvalue weighted by molar-refractivity contribution is 5.95. The highest BCUT2D eigenvalue weighted by Crippen LogP contribution is 2.37. The smallest absolute Gasteiger partial charge is 0.416 e. The van der Waals surface area contributed by atoms with E-state index >= 15 is 0 Å². The number of methoxy groups -OCH3 is 3. The average molecular weight is 650 g/mol. The Hall–Kier alpha value is -4.68. The predicted octanol–water partition coefficient (Wildman–Crippen LogP) is 8.22. The molecule has 3 aromatic carbocycles. The molecule has 1 unspecified atom stereocenters. The first-order valence-electron chi connectivity index (χ1n) is 14.2. The van der Waals surface area contributed by atoms with Crippen LogP contribution in [0.2, 0.25) is 0 Å². The predicted molar refractivity (Wildman–Crippen MR) is 161 cm³/mol. The first-order chi connectivity index (χ1) is 21.7. The minimum Gasteiger partial charge on any atom is -0.497 e. The zero-order valence-electron chi connectivity index (χ0n) is 25.6. The lowest BCUT2D eigenvalue weighted by Crippen LogP contribution is -2.33. The van der Waals surface area contributed by atoms with Crippen molar-refractivity contribution in [2.75, 3.05) is 33.2 Å². The maximum Gasteiger partial charge on any atom is 0.416 e. The normalized spacial score (nSPS) is 12.5. The quantitative estimate of drug-likeness (QED) is 0.156. The molecule has 4 aromatic rings. The zero-order valence-corrected chi connectivity index (χ0v) is 25.6. The fourth-order valence-electron chi connectivity index (χ4n) is 5.03. The van der Waals surface area contributed by atoms with Crippen molar-refractivity contribution in [2.45, 2.75) is 44.7 Å². The summed E-state index contributed by atoms with van der Waals surface area (Å²) in [5, 5.41) is 4.26. The molecule has 1 aromatic heterocycles. The Bertz CT molecular complexity index is 1640. The number of hydrogen-bond donors (Lipinski definition) is 1. The molecule has 1 heterocycles. The van der Waals surface area contributed by atoms with E-state index in [-0.39, 0.29) is 25.2 Å². The van der Waals surface area contributed by atoms with E-state index in [1.807, 2.05) is 25.1 Å². The summed E-state index contributed by atoms with van der Waals surface area (Å²) in [7, 11) is 4.41. The van der Waals surface area contributed by atoms with E-state index < -0.39 is 35.0 Å². The Morgan fingerprint density at radius 2 is 1.54 bits per heavy atom. The van der Waals surface area contributed by atoms with Gasteiger partial charge in [0.25, 0.3) is 5.91 Å². The molecule has 7 nitrogen and oxygen atoms in total. The Kier molecular flexibility index (Phi) is 10.5. The van der Waals surface area contributed by atoms with Gasteiger partial charge in [0, 0.05) is 42.3 Å². The van der Waals surface area contributed by atoms with E-state index in [9.17, 15) is 31.1 Å². The molecule has 0 fully saturated rings. The Morgan fingerprint density at radius 1 is 0.870 bits per heavy atom. The van der Waals surface area contributed by atoms with Gasteiger partial charge in [0.05, 0.1) is 43.7 Å². The molecule has 0 saturated heterocycles. The van der Waals surface area contributed by atoms with Crippen LogP contribution < -0.4 is 19.5 Å². The van der Waals surface area contributed by atoms with E-state index in [0.717, 1.165) is 16.6 Å². The summed E-state index contributed by atoms with van der Waals surface area (Å²) in [4.78, 5) is 19.3. The van der Waals surface area contributed by atoms with Gasteiger partial charge in [0.15, 0.2) is 11.5 Å². The van der Waals surface area contributed by atoms with E-state index in [2.05, 4.69) is 10.3 Å². The summed E-state index contributed by atoms with van der Waals surface area (Å²) in [6.07, 6.45) is -7.65. The third-order valence-electron chi connectivity index (χ3n) is 7.32. The number of rotatable bonds is 12. The summed E-state index contributed by atoms with van der Waals surface area (Å²) < 4.78 is 97.5. The maximum absolute atomic E-state index is 13.7. The van der Waals surface area contributed by atoms with Crippen LogP contribution in [0.1, 0.15) is 46.8 Å². The number of hydrogen-bond acceptors (Lipinski definition) is 6. The van der Waals surface area contributed by atoms with Crippen LogP contribution in [-0.2, 0) is 18.9 Å². The number of anilines is 1. The van der Waals surface area contributed by atoms with E-state index in [1.54, 1.807) is 37.6 Å². The number of amides is 1. The van der Waals surface area contributed by atoms with Crippen LogP contribution in [0.15, 0.2) is 66.9 Å². The molecular weight excluding hydrogens is 616 g/mol. The van der Waals surface area contributed by atoms with Crippen molar-refractivity contribution in [2.24, 2.45) is 0 Å². The van der Waals surface area contributed by atoms with Gasteiger partial charge in [-0.3, -0.25) is 9.78 Å². The fourth-order valence-corrected chi connectivity index (χ4v) is 5.03. The van der Waals surface area contributed by atoms with Crippen molar-refractivity contribution < 1.29 is 45.3 Å². The van der Waals surface area contributed by atoms with Gasteiger partial charge in [-0.05, 0) is 67.8 Å². The molecule has 0 saturated carbocycles. The second kappa shape index (κ2) is 14.2. The first kappa shape index (κ1) is 34.2. The molecule has 0 spiro atoms. The van der Waals surface area contributed by atoms with Crippen LogP contribution in [-0.4, -0.2) is 49.7 Å². The molecule has 0 aliphatic rings. The van der Waals surface area contributed by atoms with E-state index in [1.165, 1.54) is 19.1 Å². The van der Waals surface area contributed by atoms with Gasteiger partial charge in [-0.25, -0.2) is 0 Å². The molecule has 1 N–H and O–H groups in total. The van der Waals surface area contributed by atoms with Crippen molar-refractivity contribution in [3.63, 3.8) is 0 Å². The van der Waals surface area contributed by atoms with Crippen LogP contribution in [0.4, 0.5) is 32.0 Å². The second-order valence-electron chi connectivity index (χ2n) is 10.6. The molecule has 0 bridgehead atoms. The lowest BCUT2D eigenvalue weighted by molar-refractivity contribution is -0.143. The van der Waals surface area contributed by atoms with Crippen LogP contribution >= 0.6 is 0 Å². The molecule has 13 heteroatoms. The maximum atomic E-state index is 13.7. The summed E-state index contributed by atoms with van der Waals surface area (Å²) >= 11 is 0. The number of pyridine rings is 1. The van der Waals surface area contributed by atoms with E-state index in [0.29, 0.717) is 47.8 Å². The molecule has 46 heavy (non-hydrogen) atoms. The molecule has 246 valence electrons. The topological polar surface area (TPSA) is 72.9 Å². The highest BCUT2D eigenvalue weighted by atomic mass is 19.4. The van der Waals surface area contributed by atoms with Crippen molar-refractivity contribution in [3.8, 4) is 17.2 Å². The van der Waals surface area contributed by atoms with Crippen molar-refractivity contribution in [1.29, 1.82) is 0 Å². The summed E-state index contributed by atoms with van der Waals surface area (Å²) in [5.74, 6) is 0.412. The van der Waals surface area contributed by atoms with Crippen LogP contribution in [0.25, 0.3) is 10.9 Å². The van der Waals surface area contributed by atoms with Gasteiger partial charge < -0.3 is 24.4 Å². The third-order valence-corrected chi connectivity index (χ3v) is 7.32. The number of carbonyl (C=O) groups excluding carboxylic acids is 1. The van der Waals surface area contributed by atoms with Crippen molar-refractivity contribution in [1.82, 2.24) is 9.88 Å². The SMILES string of the molecule is COc1cc(NC(C)CCCN(Cc2ccc(OC)c(OC)c2)C(=O)c2cc(C(F)(F)F)cc(C(F)(F)F)c2)c2ncccc2c1. The van der Waals surface area contributed by atoms with E-state index in [4.69, 9.17) is 14.2 Å². The minimum absolute atomic E-state index is 0.0000580. The average Bonchev–Trinajstić information content (AvgIpc) is 3.02. The molecular formula is C33H33F6N3O4. The van der Waals surface area contributed by atoms with Crippen molar-refractivity contribution >= 4 is 22.5 Å². The number of aromatic nitrogens is 1. The van der Waals surface area contributed by atoms with Crippen LogP contribution in [0, 0.1) is 0 Å². The van der Waals surface area contributed by atoms with Crippen molar-refractivity contribution in [3.05, 3.63) is 89.1 Å². The third kappa shape index (κ3) is 8.32. The number of carbonyl (C=O) groups is 1. The Labute approximate surface area is 262 Å². The number of halogens is 6. The number of nitrogens with one attached hydrogen (secondary N) is 1. The summed E-state index contributed by atoms with van der Waals surface area (Å²) in [6, 6.07) is 12.9. The number of fused-ring (bicyclic) bond motifs is 1. The van der Waals surface area contributed by atoms with Gasteiger partial charge in [-0.1, -0.05) is 12.1 Å². The van der Waals surface area contributed by atoms with Gasteiger partial charge >= 0.3 is 12.4 Å². The zero-order chi connectivity index (χ0) is 33.6. The largest absolute Gasteiger partial charge is 0.497 e. The van der Waals surface area contributed by atoms with Gasteiger partial charge in [-0.2, -0.15) is 26.3 Å². The fraction of sp³-hybridized carbons (Fsp3) is 0.333. The Morgan fingerprint density at radius 3 is 2.15 bits per heavy atom. The molecule has 0 radical (unpaired) electrons. The summed E-state index contributed by atoms with van der Waals surface area (Å²) in [6.45, 7) is 1.84. The number of ether oxygens (including phenoxy) is 3. The lowest BCUT2D eigenvalue weighted by atomic mass is 10.0. The second-order valence-corrected chi connectivity index (χ2v) is 10.6. The van der Waals surface area contributed by atoms with Gasteiger partial charge in [-0.15, -0.1) is 0 Å². The molecule has 0 aliphatic heterocycles. The van der Waals surface area contributed by atoms with Gasteiger partial charge in [0.1, 0.15) is 5.75 Å². The minimum atomic E-state index is -5.09. The van der Waals surface area contributed by atoms with Crippen LogP contribution in [0.5, 0.6) is 17.2 Å². The monoisotopic (exact) mass is 649 g/mol. The molecule has 1 amide bonds. The summed E-state index contributed by atoms with van der Waals surface area (Å²) in [5.41, 5.74) is -1.85. The number of nitrogens with zero attached hydrogens (tertiary/aromatic N) is 2. The number of alkyl halides is 6. The standard InChI is InChI=1S/C33H33F6N3O4/c1-20(41-27-18-26(44-2)16-22-8-5-11-40-30(22)27)7-6-12-42(19-21-9-10-28(45-3)29(13-21)46-4)31(43)23-14-24(32(34,35)36)17-25(15-23)33(37,38)39/h5,8-11,13-18,20,41H,6-7,12,19H2,1-4H3. The molecule has 4 rings (SSSR count). The Balaban J connectivity index is 1.60. The van der Waals surface area contributed by atoms with Gasteiger partial charge in [0.2, 0.25) is 0 Å². The number of benzene rings is 3. The van der Waals surface area contributed by atoms with Crippen LogP contribution in [0.3, 0.4) is 0 Å².